The first-order valence-electron chi connectivity index (χ1n) is 7.22. The summed E-state index contributed by atoms with van der Waals surface area (Å²) in [6, 6.07) is 4.04. The van der Waals surface area contributed by atoms with E-state index in [9.17, 15) is 0 Å². The fourth-order valence-corrected chi connectivity index (χ4v) is 2.37. The molecule has 0 radical (unpaired) electrons. The van der Waals surface area contributed by atoms with Gasteiger partial charge in [-0.25, -0.2) is 0 Å². The van der Waals surface area contributed by atoms with Crippen molar-refractivity contribution in [2.24, 2.45) is 0 Å². The Labute approximate surface area is 136 Å². The summed E-state index contributed by atoms with van der Waals surface area (Å²) in [5.41, 5.74) is 1.20. The Balaban J connectivity index is 2.77. The van der Waals surface area contributed by atoms with E-state index in [1.54, 1.807) is 7.11 Å². The number of aliphatic hydroxyl groups is 1. The van der Waals surface area contributed by atoms with E-state index >= 15 is 0 Å². The van der Waals surface area contributed by atoms with Crippen molar-refractivity contribution in [1.29, 1.82) is 0 Å². The number of aliphatic hydroxyl groups excluding tert-OH is 1. The highest BCUT2D eigenvalue weighted by Gasteiger charge is 2.14. The first-order chi connectivity index (χ1) is 9.87. The van der Waals surface area contributed by atoms with Crippen LogP contribution in [0.15, 0.2) is 16.6 Å². The smallest absolute Gasteiger partial charge is 0.175 e. The van der Waals surface area contributed by atoms with Crippen molar-refractivity contribution in [2.75, 3.05) is 20.3 Å². The molecule has 5 heteroatoms. The normalized spacial score (nSPS) is 11.5. The predicted octanol–water partition coefficient (Wildman–Crippen LogP) is 3.50. The topological polar surface area (TPSA) is 50.7 Å². The van der Waals surface area contributed by atoms with Crippen LogP contribution in [-0.4, -0.2) is 31.0 Å². The van der Waals surface area contributed by atoms with Crippen molar-refractivity contribution < 1.29 is 14.6 Å². The number of nitrogens with one attached hydrogen (secondary N) is 1. The zero-order chi connectivity index (χ0) is 15.9. The van der Waals surface area contributed by atoms with Gasteiger partial charge in [0.2, 0.25) is 0 Å². The molecular weight excluding hydrogens is 334 g/mol. The first kappa shape index (κ1) is 18.3. The maximum absolute atomic E-state index is 8.78. The molecule has 1 aromatic rings. The summed E-state index contributed by atoms with van der Waals surface area (Å²) >= 11 is 3.55. The molecule has 0 aliphatic rings. The Kier molecular flexibility index (Phi) is 7.49. The summed E-state index contributed by atoms with van der Waals surface area (Å²) in [7, 11) is 1.64. The van der Waals surface area contributed by atoms with Gasteiger partial charge in [0.1, 0.15) is 0 Å². The monoisotopic (exact) mass is 359 g/mol. The number of ether oxygens (including phenoxy) is 2. The molecule has 0 aliphatic heterocycles. The number of methoxy groups -OCH3 is 1. The molecule has 21 heavy (non-hydrogen) atoms. The lowest BCUT2D eigenvalue weighted by molar-refractivity contribution is 0.246. The van der Waals surface area contributed by atoms with Crippen molar-refractivity contribution in [2.45, 2.75) is 45.7 Å². The van der Waals surface area contributed by atoms with E-state index in [1.807, 2.05) is 12.1 Å². The van der Waals surface area contributed by atoms with Gasteiger partial charge < -0.3 is 19.9 Å². The van der Waals surface area contributed by atoms with Gasteiger partial charge >= 0.3 is 0 Å². The SMILES string of the molecule is COc1cc(CNC(C)(C)C)cc(Br)c1OCCCCO. The third-order valence-corrected chi connectivity index (χ3v) is 3.50. The van der Waals surface area contributed by atoms with Gasteiger partial charge in [0.15, 0.2) is 11.5 Å². The number of rotatable bonds is 8. The van der Waals surface area contributed by atoms with Crippen molar-refractivity contribution in [1.82, 2.24) is 5.32 Å². The highest BCUT2D eigenvalue weighted by Crippen LogP contribution is 2.36. The fourth-order valence-electron chi connectivity index (χ4n) is 1.77. The zero-order valence-corrected chi connectivity index (χ0v) is 14.9. The molecule has 0 aromatic heterocycles. The van der Waals surface area contributed by atoms with Gasteiger partial charge in [-0.05, 0) is 67.2 Å². The molecule has 0 atom stereocenters. The minimum Gasteiger partial charge on any atom is -0.493 e. The maximum atomic E-state index is 8.78. The average Bonchev–Trinajstić information content (AvgIpc) is 2.41. The molecule has 1 rings (SSSR count). The van der Waals surface area contributed by atoms with Crippen LogP contribution < -0.4 is 14.8 Å². The molecule has 0 unspecified atom stereocenters. The lowest BCUT2D eigenvalue weighted by Gasteiger charge is -2.21. The van der Waals surface area contributed by atoms with E-state index < -0.39 is 0 Å². The summed E-state index contributed by atoms with van der Waals surface area (Å²) in [6.45, 7) is 7.94. The van der Waals surface area contributed by atoms with Gasteiger partial charge in [-0.3, -0.25) is 0 Å². The molecule has 0 fully saturated rings. The predicted molar refractivity (Wildman–Crippen MR) is 89.1 cm³/mol. The fraction of sp³-hybridized carbons (Fsp3) is 0.625. The van der Waals surface area contributed by atoms with Crippen LogP contribution in [0.5, 0.6) is 11.5 Å². The van der Waals surface area contributed by atoms with Gasteiger partial charge in [0.05, 0.1) is 18.2 Å². The second kappa shape index (κ2) is 8.61. The molecular formula is C16H26BrNO3. The van der Waals surface area contributed by atoms with Gasteiger partial charge in [0.25, 0.3) is 0 Å². The first-order valence-corrected chi connectivity index (χ1v) is 8.02. The molecule has 0 saturated heterocycles. The van der Waals surface area contributed by atoms with Crippen molar-refractivity contribution in [3.05, 3.63) is 22.2 Å². The van der Waals surface area contributed by atoms with Crippen molar-refractivity contribution in [3.63, 3.8) is 0 Å². The van der Waals surface area contributed by atoms with Crippen molar-refractivity contribution >= 4 is 15.9 Å². The summed E-state index contributed by atoms with van der Waals surface area (Å²) in [6.07, 6.45) is 1.56. The Morgan fingerprint density at radius 3 is 2.52 bits per heavy atom. The molecule has 0 spiro atoms. The number of hydrogen-bond acceptors (Lipinski definition) is 4. The molecule has 0 saturated carbocycles. The lowest BCUT2D eigenvalue weighted by Crippen LogP contribution is -2.35. The molecule has 120 valence electrons. The van der Waals surface area contributed by atoms with Crippen LogP contribution in [0.3, 0.4) is 0 Å². The van der Waals surface area contributed by atoms with E-state index in [0.29, 0.717) is 6.61 Å². The van der Waals surface area contributed by atoms with E-state index in [-0.39, 0.29) is 12.1 Å². The lowest BCUT2D eigenvalue weighted by atomic mass is 10.1. The molecule has 0 bridgehead atoms. The minimum absolute atomic E-state index is 0.0686. The van der Waals surface area contributed by atoms with Gasteiger partial charge in [0, 0.05) is 18.7 Å². The largest absolute Gasteiger partial charge is 0.493 e. The zero-order valence-electron chi connectivity index (χ0n) is 13.3. The summed E-state index contributed by atoms with van der Waals surface area (Å²) in [4.78, 5) is 0. The number of halogens is 1. The highest BCUT2D eigenvalue weighted by atomic mass is 79.9. The van der Waals surface area contributed by atoms with Crippen LogP contribution in [0, 0.1) is 0 Å². The molecule has 0 heterocycles. The summed E-state index contributed by atoms with van der Waals surface area (Å²) in [5.74, 6) is 1.44. The van der Waals surface area contributed by atoms with E-state index in [0.717, 1.165) is 40.9 Å². The number of unbranched alkanes of at least 4 members (excludes halogenated alkanes) is 1. The van der Waals surface area contributed by atoms with Crippen LogP contribution in [0.1, 0.15) is 39.2 Å². The summed E-state index contributed by atoms with van der Waals surface area (Å²) in [5, 5.41) is 12.2. The number of benzene rings is 1. The number of hydrogen-bond donors (Lipinski definition) is 2. The Morgan fingerprint density at radius 1 is 1.24 bits per heavy atom. The third-order valence-electron chi connectivity index (χ3n) is 2.91. The van der Waals surface area contributed by atoms with Crippen LogP contribution >= 0.6 is 15.9 Å². The van der Waals surface area contributed by atoms with Crippen LogP contribution in [0.2, 0.25) is 0 Å². The van der Waals surface area contributed by atoms with Crippen LogP contribution in [0.25, 0.3) is 0 Å². The Morgan fingerprint density at radius 2 is 1.95 bits per heavy atom. The quantitative estimate of drug-likeness (QED) is 0.697. The van der Waals surface area contributed by atoms with E-state index in [1.165, 1.54) is 0 Å². The Hall–Kier alpha value is -0.780. The third kappa shape index (κ3) is 6.68. The van der Waals surface area contributed by atoms with Gasteiger partial charge in [-0.15, -0.1) is 0 Å². The highest BCUT2D eigenvalue weighted by molar-refractivity contribution is 9.10. The van der Waals surface area contributed by atoms with E-state index in [4.69, 9.17) is 14.6 Å². The standard InChI is InChI=1S/C16H26BrNO3/c1-16(2,3)18-11-12-9-13(17)15(14(10-12)20-4)21-8-6-5-7-19/h9-10,18-19H,5-8,11H2,1-4H3. The maximum Gasteiger partial charge on any atom is 0.175 e. The van der Waals surface area contributed by atoms with Gasteiger partial charge in [-0.2, -0.15) is 0 Å². The average molecular weight is 360 g/mol. The molecule has 0 amide bonds. The van der Waals surface area contributed by atoms with Crippen LogP contribution in [0.4, 0.5) is 0 Å². The molecule has 0 aliphatic carbocycles. The van der Waals surface area contributed by atoms with E-state index in [2.05, 4.69) is 42.0 Å². The summed E-state index contributed by atoms with van der Waals surface area (Å²) < 4.78 is 12.1. The van der Waals surface area contributed by atoms with Crippen LogP contribution in [-0.2, 0) is 6.54 Å². The molecule has 1 aromatic carbocycles. The molecule has 4 nitrogen and oxygen atoms in total. The minimum atomic E-state index is 0.0686. The van der Waals surface area contributed by atoms with Crippen molar-refractivity contribution in [3.8, 4) is 11.5 Å². The Bertz CT molecular complexity index is 444. The second-order valence-corrected chi connectivity index (χ2v) is 6.85. The van der Waals surface area contributed by atoms with Gasteiger partial charge in [-0.1, -0.05) is 0 Å². The molecule has 2 N–H and O–H groups in total. The second-order valence-electron chi connectivity index (χ2n) is 5.99.